The van der Waals surface area contributed by atoms with E-state index in [9.17, 15) is 32.7 Å². The number of carboxylic acids is 1. The Hall–Kier alpha value is -3.25. The molecule has 4 N–H and O–H groups in total. The number of halogens is 3. The van der Waals surface area contributed by atoms with Gasteiger partial charge in [-0.3, -0.25) is 9.59 Å². The number of hydrogen-bond acceptors (Lipinski definition) is 6. The van der Waals surface area contributed by atoms with Crippen molar-refractivity contribution in [2.45, 2.75) is 50.8 Å². The molecule has 1 heterocycles. The second kappa shape index (κ2) is 13.0. The standard InChI is InChI=1S/C26H30F3N3O5S/c1-14(2)23(26(35)36)37-18-5-3-15(4-6-18)13-31-24(34)25-32(7-8-38-25)22(33)11-17(30)9-16-10-20(28)21(29)12-19(16)27/h3-6,10,12,14,17,23,25H,7-9,11,13,30H2,1-2H3,(H,31,34)(H,35,36)/t17-,23-,25+/m1/s1. The molecule has 1 aliphatic heterocycles. The van der Waals surface area contributed by atoms with Crippen molar-refractivity contribution in [2.75, 3.05) is 12.3 Å². The predicted octanol–water partition coefficient (Wildman–Crippen LogP) is 3.07. The summed E-state index contributed by atoms with van der Waals surface area (Å²) in [6.07, 6.45) is -1.35. The number of rotatable bonds is 11. The molecule has 2 amide bonds. The number of hydrogen-bond donors (Lipinski definition) is 3. The van der Waals surface area contributed by atoms with Crippen molar-refractivity contribution >= 4 is 29.5 Å². The van der Waals surface area contributed by atoms with E-state index < -0.39 is 46.8 Å². The summed E-state index contributed by atoms with van der Waals surface area (Å²) in [7, 11) is 0. The van der Waals surface area contributed by atoms with Crippen molar-refractivity contribution in [1.82, 2.24) is 10.2 Å². The first-order chi connectivity index (χ1) is 18.0. The maximum absolute atomic E-state index is 13.9. The van der Waals surface area contributed by atoms with Gasteiger partial charge in [0.15, 0.2) is 23.1 Å². The second-order valence-corrected chi connectivity index (χ2v) is 10.5. The van der Waals surface area contributed by atoms with Gasteiger partial charge < -0.3 is 25.8 Å². The summed E-state index contributed by atoms with van der Waals surface area (Å²) in [6.45, 7) is 4.01. The number of ether oxygens (including phenoxy) is 1. The van der Waals surface area contributed by atoms with Crippen LogP contribution in [0.3, 0.4) is 0 Å². The van der Waals surface area contributed by atoms with Crippen LogP contribution < -0.4 is 15.8 Å². The molecule has 2 aromatic carbocycles. The molecular formula is C26H30F3N3O5S. The van der Waals surface area contributed by atoms with Crippen LogP contribution in [0.5, 0.6) is 5.75 Å². The molecule has 1 fully saturated rings. The number of benzene rings is 2. The SMILES string of the molecule is CC(C)[C@@H](Oc1ccc(CNC(=O)[C@@H]2SCCN2C(=O)C[C@H](N)Cc2cc(F)c(F)cc2F)cc1)C(=O)O. The van der Waals surface area contributed by atoms with Gasteiger partial charge in [0.1, 0.15) is 11.6 Å². The molecule has 38 heavy (non-hydrogen) atoms. The smallest absolute Gasteiger partial charge is 0.345 e. The van der Waals surface area contributed by atoms with Crippen molar-refractivity contribution in [2.24, 2.45) is 11.7 Å². The summed E-state index contributed by atoms with van der Waals surface area (Å²) >= 11 is 1.30. The number of carboxylic acid groups (broad SMARTS) is 1. The molecule has 8 nitrogen and oxygen atoms in total. The lowest BCUT2D eigenvalue weighted by Crippen LogP contribution is -2.46. The van der Waals surface area contributed by atoms with Gasteiger partial charge >= 0.3 is 5.97 Å². The molecule has 1 saturated heterocycles. The van der Waals surface area contributed by atoms with Crippen LogP contribution >= 0.6 is 11.8 Å². The summed E-state index contributed by atoms with van der Waals surface area (Å²) < 4.78 is 46.0. The molecule has 2 aromatic rings. The highest BCUT2D eigenvalue weighted by Crippen LogP contribution is 2.26. The Morgan fingerprint density at radius 3 is 2.42 bits per heavy atom. The molecule has 3 atom stereocenters. The van der Waals surface area contributed by atoms with Gasteiger partial charge in [-0.1, -0.05) is 26.0 Å². The van der Waals surface area contributed by atoms with Crippen molar-refractivity contribution in [3.63, 3.8) is 0 Å². The Morgan fingerprint density at radius 2 is 1.79 bits per heavy atom. The van der Waals surface area contributed by atoms with Crippen LogP contribution in [0.25, 0.3) is 0 Å². The minimum Gasteiger partial charge on any atom is -0.478 e. The van der Waals surface area contributed by atoms with Crippen LogP contribution in [-0.4, -0.2) is 57.6 Å². The van der Waals surface area contributed by atoms with E-state index in [0.29, 0.717) is 24.1 Å². The number of amides is 2. The van der Waals surface area contributed by atoms with Crippen LogP contribution in [0.4, 0.5) is 13.2 Å². The maximum atomic E-state index is 13.9. The van der Waals surface area contributed by atoms with E-state index in [1.54, 1.807) is 38.1 Å². The lowest BCUT2D eigenvalue weighted by Gasteiger charge is -2.24. The largest absolute Gasteiger partial charge is 0.478 e. The third-order valence-corrected chi connectivity index (χ3v) is 7.15. The highest BCUT2D eigenvalue weighted by Gasteiger charge is 2.35. The van der Waals surface area contributed by atoms with Crippen LogP contribution in [0.15, 0.2) is 36.4 Å². The fourth-order valence-electron chi connectivity index (χ4n) is 3.94. The third-order valence-electron chi connectivity index (χ3n) is 5.95. The zero-order valence-electron chi connectivity index (χ0n) is 21.0. The predicted molar refractivity (Wildman–Crippen MR) is 136 cm³/mol. The Kier molecular flexibility index (Phi) is 10.0. The molecule has 12 heteroatoms. The lowest BCUT2D eigenvalue weighted by atomic mass is 10.0. The van der Waals surface area contributed by atoms with Gasteiger partial charge in [-0.2, -0.15) is 0 Å². The van der Waals surface area contributed by atoms with Crippen molar-refractivity contribution < 1.29 is 37.4 Å². The zero-order chi connectivity index (χ0) is 28.0. The summed E-state index contributed by atoms with van der Waals surface area (Å²) in [4.78, 5) is 38.4. The maximum Gasteiger partial charge on any atom is 0.345 e. The highest BCUT2D eigenvalue weighted by atomic mass is 32.2. The number of nitrogens with one attached hydrogen (secondary N) is 1. The van der Waals surface area contributed by atoms with Gasteiger partial charge in [0.05, 0.1) is 0 Å². The van der Waals surface area contributed by atoms with E-state index >= 15 is 0 Å². The van der Waals surface area contributed by atoms with Gasteiger partial charge in [0, 0.05) is 43.3 Å². The molecule has 0 aromatic heterocycles. The Morgan fingerprint density at radius 1 is 1.13 bits per heavy atom. The molecule has 206 valence electrons. The Balaban J connectivity index is 1.52. The fourth-order valence-corrected chi connectivity index (χ4v) is 5.10. The monoisotopic (exact) mass is 553 g/mol. The number of thioether (sulfide) groups is 1. The van der Waals surface area contributed by atoms with Gasteiger partial charge in [0.2, 0.25) is 5.91 Å². The lowest BCUT2D eigenvalue weighted by molar-refractivity contribution is -0.147. The number of carbonyl (C=O) groups is 3. The van der Waals surface area contributed by atoms with E-state index in [-0.39, 0.29) is 36.8 Å². The van der Waals surface area contributed by atoms with E-state index in [4.69, 9.17) is 10.5 Å². The molecule has 0 aliphatic carbocycles. The average Bonchev–Trinajstić information content (AvgIpc) is 3.35. The van der Waals surface area contributed by atoms with E-state index in [0.717, 1.165) is 11.6 Å². The van der Waals surface area contributed by atoms with E-state index in [2.05, 4.69) is 5.32 Å². The first-order valence-corrected chi connectivity index (χ1v) is 13.1. The fraction of sp³-hybridized carbons (Fsp3) is 0.423. The molecule has 0 unspecified atom stereocenters. The number of nitrogens with zero attached hydrogens (tertiary/aromatic N) is 1. The topological polar surface area (TPSA) is 122 Å². The number of carbonyl (C=O) groups excluding carboxylic acids is 2. The second-order valence-electron chi connectivity index (χ2n) is 9.32. The first kappa shape index (κ1) is 29.3. The van der Waals surface area contributed by atoms with E-state index in [1.165, 1.54) is 16.7 Å². The van der Waals surface area contributed by atoms with Crippen molar-refractivity contribution in [3.8, 4) is 5.75 Å². The molecule has 0 radical (unpaired) electrons. The van der Waals surface area contributed by atoms with Crippen LogP contribution in [0, 0.1) is 23.4 Å². The van der Waals surface area contributed by atoms with Crippen LogP contribution in [-0.2, 0) is 27.3 Å². The molecular weight excluding hydrogens is 523 g/mol. The number of aliphatic carboxylic acids is 1. The van der Waals surface area contributed by atoms with Crippen molar-refractivity contribution in [1.29, 1.82) is 0 Å². The zero-order valence-corrected chi connectivity index (χ0v) is 21.8. The minimum absolute atomic E-state index is 0.131. The summed E-state index contributed by atoms with van der Waals surface area (Å²) in [5.74, 6) is -4.55. The van der Waals surface area contributed by atoms with Crippen LogP contribution in [0.1, 0.15) is 31.4 Å². The summed E-state index contributed by atoms with van der Waals surface area (Å²) in [6, 6.07) is 6.97. The first-order valence-electron chi connectivity index (χ1n) is 12.0. The minimum atomic E-state index is -1.30. The molecule has 0 spiro atoms. The Labute approximate surface area is 222 Å². The summed E-state index contributed by atoms with van der Waals surface area (Å²) in [5.41, 5.74) is 6.60. The summed E-state index contributed by atoms with van der Waals surface area (Å²) in [5, 5.41) is 11.3. The molecule has 3 rings (SSSR count). The van der Waals surface area contributed by atoms with Crippen molar-refractivity contribution in [3.05, 3.63) is 65.0 Å². The molecule has 1 aliphatic rings. The van der Waals surface area contributed by atoms with Gasteiger partial charge in [-0.15, -0.1) is 11.8 Å². The highest BCUT2D eigenvalue weighted by molar-refractivity contribution is 8.00. The Bertz CT molecular complexity index is 1170. The third kappa shape index (κ3) is 7.64. The van der Waals surface area contributed by atoms with Crippen LogP contribution in [0.2, 0.25) is 0 Å². The number of nitrogens with two attached hydrogens (primary N) is 1. The average molecular weight is 554 g/mol. The quantitative estimate of drug-likeness (QED) is 0.366. The van der Waals surface area contributed by atoms with Gasteiger partial charge in [-0.05, 0) is 35.7 Å². The molecule has 0 saturated carbocycles. The van der Waals surface area contributed by atoms with Gasteiger partial charge in [0.25, 0.3) is 5.91 Å². The van der Waals surface area contributed by atoms with E-state index in [1.807, 2.05) is 0 Å². The molecule has 0 bridgehead atoms. The van der Waals surface area contributed by atoms with Gasteiger partial charge in [-0.25, -0.2) is 18.0 Å². The normalized spacial score (nSPS) is 16.8.